The van der Waals surface area contributed by atoms with Crippen molar-refractivity contribution >= 4 is 17.6 Å². The molecule has 0 fully saturated rings. The van der Waals surface area contributed by atoms with Gasteiger partial charge < -0.3 is 19.9 Å². The Morgan fingerprint density at radius 1 is 1.07 bits per heavy atom. The van der Waals surface area contributed by atoms with Crippen molar-refractivity contribution in [3.05, 3.63) is 53.6 Å². The topological polar surface area (TPSA) is 84.9 Å². The summed E-state index contributed by atoms with van der Waals surface area (Å²) in [7, 11) is 1.49. The first-order chi connectivity index (χ1) is 14.1. The first-order valence-electron chi connectivity index (χ1n) is 9.13. The minimum atomic E-state index is -4.61. The summed E-state index contributed by atoms with van der Waals surface area (Å²) in [5.41, 5.74) is -0.435. The molecule has 2 aromatic rings. The number of hydrogen-bond acceptors (Lipinski definition) is 4. The van der Waals surface area contributed by atoms with E-state index in [1.54, 1.807) is 31.2 Å². The monoisotopic (exact) mass is 425 g/mol. The van der Waals surface area contributed by atoms with Crippen LogP contribution in [0.1, 0.15) is 36.8 Å². The molecule has 0 radical (unpaired) electrons. The Labute approximate surface area is 171 Å². The molecule has 2 rings (SSSR count). The smallest absolute Gasteiger partial charge is 0.416 e. The molecular formula is C21H22F3NO5. The van der Waals surface area contributed by atoms with E-state index in [9.17, 15) is 27.9 Å². The van der Waals surface area contributed by atoms with E-state index in [0.29, 0.717) is 11.3 Å². The lowest BCUT2D eigenvalue weighted by molar-refractivity contribution is -0.138. The quantitative estimate of drug-likeness (QED) is 0.608. The standard InChI is InChI=1S/C21H22F3NO5/c1-3-30-18-11-15(21(22,23)24)10-16(12-18)25-19(26)8-14(9-20(27)28)13-4-6-17(29-2)7-5-13/h4-7,10-12,14H,3,8-9H2,1-2H3,(H,25,26)(H,27,28)/t14-/m0/s1. The Bertz CT molecular complexity index is 881. The molecule has 0 bridgehead atoms. The Hall–Kier alpha value is -3.23. The number of rotatable bonds is 9. The van der Waals surface area contributed by atoms with Crippen molar-refractivity contribution in [2.24, 2.45) is 0 Å². The Morgan fingerprint density at radius 2 is 1.73 bits per heavy atom. The molecule has 0 aliphatic rings. The van der Waals surface area contributed by atoms with Crippen molar-refractivity contribution in [3.8, 4) is 11.5 Å². The van der Waals surface area contributed by atoms with Gasteiger partial charge in [0.25, 0.3) is 0 Å². The van der Waals surface area contributed by atoms with Crippen molar-refractivity contribution < 1.29 is 37.3 Å². The highest BCUT2D eigenvalue weighted by molar-refractivity contribution is 5.92. The SMILES string of the molecule is CCOc1cc(NC(=O)C[C@@H](CC(=O)O)c2ccc(OC)cc2)cc(C(F)(F)F)c1. The number of aliphatic carboxylic acids is 1. The summed E-state index contributed by atoms with van der Waals surface area (Å²) in [6.45, 7) is 1.79. The van der Waals surface area contributed by atoms with Crippen LogP contribution in [0.3, 0.4) is 0 Å². The zero-order valence-electron chi connectivity index (χ0n) is 16.5. The molecule has 2 N–H and O–H groups in total. The largest absolute Gasteiger partial charge is 0.497 e. The van der Waals surface area contributed by atoms with Crippen LogP contribution in [0.5, 0.6) is 11.5 Å². The number of hydrogen-bond donors (Lipinski definition) is 2. The van der Waals surface area contributed by atoms with Crippen LogP contribution in [-0.4, -0.2) is 30.7 Å². The van der Waals surface area contributed by atoms with Crippen molar-refractivity contribution in [1.29, 1.82) is 0 Å². The maximum atomic E-state index is 13.1. The number of ether oxygens (including phenoxy) is 2. The minimum Gasteiger partial charge on any atom is -0.497 e. The van der Waals surface area contributed by atoms with E-state index in [2.05, 4.69) is 5.32 Å². The van der Waals surface area contributed by atoms with E-state index in [1.165, 1.54) is 13.2 Å². The molecule has 6 nitrogen and oxygen atoms in total. The highest BCUT2D eigenvalue weighted by Gasteiger charge is 2.31. The second-order valence-electron chi connectivity index (χ2n) is 6.50. The van der Waals surface area contributed by atoms with Crippen molar-refractivity contribution in [2.45, 2.75) is 31.9 Å². The second kappa shape index (κ2) is 10.00. The molecule has 2 aromatic carbocycles. The summed E-state index contributed by atoms with van der Waals surface area (Å²) in [5.74, 6) is -1.82. The van der Waals surface area contributed by atoms with Crippen LogP contribution >= 0.6 is 0 Å². The lowest BCUT2D eigenvalue weighted by Crippen LogP contribution is -2.18. The number of carboxylic acid groups (broad SMARTS) is 1. The summed E-state index contributed by atoms with van der Waals surface area (Å²) in [6, 6.07) is 9.53. The van der Waals surface area contributed by atoms with Gasteiger partial charge in [-0.1, -0.05) is 12.1 Å². The molecule has 0 saturated heterocycles. The average Bonchev–Trinajstić information content (AvgIpc) is 2.66. The summed E-state index contributed by atoms with van der Waals surface area (Å²) in [6.07, 6.45) is -5.15. The fourth-order valence-electron chi connectivity index (χ4n) is 2.92. The number of carboxylic acids is 1. The van der Waals surface area contributed by atoms with E-state index in [0.717, 1.165) is 12.1 Å². The van der Waals surface area contributed by atoms with Crippen molar-refractivity contribution in [1.82, 2.24) is 0 Å². The van der Waals surface area contributed by atoms with Crippen molar-refractivity contribution in [3.63, 3.8) is 0 Å². The van der Waals surface area contributed by atoms with Crippen LogP contribution in [0.25, 0.3) is 0 Å². The van der Waals surface area contributed by atoms with Crippen LogP contribution in [0.2, 0.25) is 0 Å². The molecule has 1 atom stereocenters. The first kappa shape index (κ1) is 23.1. The number of nitrogens with one attached hydrogen (secondary N) is 1. The van der Waals surface area contributed by atoms with Gasteiger partial charge >= 0.3 is 12.1 Å². The van der Waals surface area contributed by atoms with Gasteiger partial charge in [0.2, 0.25) is 5.91 Å². The summed E-state index contributed by atoms with van der Waals surface area (Å²) in [4.78, 5) is 23.7. The summed E-state index contributed by atoms with van der Waals surface area (Å²) < 4.78 is 49.6. The van der Waals surface area contributed by atoms with E-state index in [4.69, 9.17) is 9.47 Å². The maximum Gasteiger partial charge on any atom is 0.416 e. The second-order valence-corrected chi connectivity index (χ2v) is 6.50. The lowest BCUT2D eigenvalue weighted by Gasteiger charge is -2.17. The number of carbonyl (C=O) groups is 2. The number of methoxy groups -OCH3 is 1. The third kappa shape index (κ3) is 6.68. The number of anilines is 1. The molecule has 0 unspecified atom stereocenters. The number of carbonyl (C=O) groups excluding carboxylic acids is 1. The number of halogens is 3. The summed E-state index contributed by atoms with van der Waals surface area (Å²) >= 11 is 0. The van der Waals surface area contributed by atoms with Crippen LogP contribution in [0.15, 0.2) is 42.5 Å². The van der Waals surface area contributed by atoms with Gasteiger partial charge in [-0.3, -0.25) is 9.59 Å². The Morgan fingerprint density at radius 3 is 2.27 bits per heavy atom. The number of amides is 1. The third-order valence-electron chi connectivity index (χ3n) is 4.27. The molecule has 0 spiro atoms. The number of benzene rings is 2. The Kier molecular flexibility index (Phi) is 7.68. The van der Waals surface area contributed by atoms with Gasteiger partial charge in [0.1, 0.15) is 11.5 Å². The molecule has 0 aliphatic heterocycles. The van der Waals surface area contributed by atoms with Gasteiger partial charge in [0.15, 0.2) is 0 Å². The first-order valence-corrected chi connectivity index (χ1v) is 9.13. The predicted molar refractivity (Wildman–Crippen MR) is 104 cm³/mol. The maximum absolute atomic E-state index is 13.1. The molecule has 30 heavy (non-hydrogen) atoms. The Balaban J connectivity index is 2.21. The molecule has 162 valence electrons. The van der Waals surface area contributed by atoms with Gasteiger partial charge in [-0.05, 0) is 36.8 Å². The van der Waals surface area contributed by atoms with E-state index < -0.39 is 29.5 Å². The highest BCUT2D eigenvalue weighted by atomic mass is 19.4. The number of alkyl halides is 3. The van der Waals surface area contributed by atoms with Crippen LogP contribution in [-0.2, 0) is 15.8 Å². The van der Waals surface area contributed by atoms with Gasteiger partial charge in [-0.15, -0.1) is 0 Å². The molecule has 9 heteroatoms. The van der Waals surface area contributed by atoms with Gasteiger partial charge in [-0.2, -0.15) is 13.2 Å². The molecule has 1 amide bonds. The van der Waals surface area contributed by atoms with Crippen LogP contribution < -0.4 is 14.8 Å². The van der Waals surface area contributed by atoms with Gasteiger partial charge in [0.05, 0.1) is 25.7 Å². The normalized spacial score (nSPS) is 12.2. The van der Waals surface area contributed by atoms with Crippen molar-refractivity contribution in [2.75, 3.05) is 19.0 Å². The average molecular weight is 425 g/mol. The zero-order valence-corrected chi connectivity index (χ0v) is 16.5. The fraction of sp³-hybridized carbons (Fsp3) is 0.333. The molecule has 0 aromatic heterocycles. The summed E-state index contributed by atoms with van der Waals surface area (Å²) in [5, 5.41) is 11.6. The third-order valence-corrected chi connectivity index (χ3v) is 4.27. The molecular weight excluding hydrogens is 403 g/mol. The van der Waals surface area contributed by atoms with Crippen LogP contribution in [0.4, 0.5) is 18.9 Å². The predicted octanol–water partition coefficient (Wildman–Crippen LogP) is 4.70. The lowest BCUT2D eigenvalue weighted by atomic mass is 9.92. The fourth-order valence-corrected chi connectivity index (χ4v) is 2.92. The van der Waals surface area contributed by atoms with Gasteiger partial charge in [-0.25, -0.2) is 0 Å². The molecule has 0 saturated carbocycles. The minimum absolute atomic E-state index is 0.0279. The zero-order chi connectivity index (χ0) is 22.3. The van der Waals surface area contributed by atoms with E-state index in [-0.39, 0.29) is 30.9 Å². The highest BCUT2D eigenvalue weighted by Crippen LogP contribution is 2.34. The van der Waals surface area contributed by atoms with E-state index >= 15 is 0 Å². The van der Waals surface area contributed by atoms with E-state index in [1.807, 2.05) is 0 Å². The molecule has 0 heterocycles. The van der Waals surface area contributed by atoms with Crippen LogP contribution in [0, 0.1) is 0 Å². The van der Waals surface area contributed by atoms with Gasteiger partial charge in [0, 0.05) is 24.1 Å². The molecule has 0 aliphatic carbocycles.